The average Bonchev–Trinajstić information content (AvgIpc) is 3.26. The Morgan fingerprint density at radius 1 is 0.462 bits per heavy atom. The molecule has 6 aromatic rings. The van der Waals surface area contributed by atoms with Crippen LogP contribution in [0.4, 0.5) is 0 Å². The zero-order valence-corrected chi connectivity index (χ0v) is 14.1. The van der Waals surface area contributed by atoms with E-state index in [9.17, 15) is 0 Å². The first-order chi connectivity index (χ1) is 12.9. The molecule has 0 radical (unpaired) electrons. The molecule has 0 saturated carbocycles. The number of para-hydroxylation sites is 1. The lowest BCUT2D eigenvalue weighted by atomic mass is 9.98. The highest BCUT2D eigenvalue weighted by atomic mass is 14.7. The molecule has 2 N–H and O–H groups in total. The minimum absolute atomic E-state index is 1.17. The molecule has 0 saturated heterocycles. The first kappa shape index (κ1) is 13.7. The monoisotopic (exact) mass is 332 g/mol. The van der Waals surface area contributed by atoms with Gasteiger partial charge in [0, 0.05) is 38.1 Å². The van der Waals surface area contributed by atoms with Gasteiger partial charge in [-0.25, -0.2) is 0 Å². The zero-order chi connectivity index (χ0) is 17.1. The number of benzene rings is 4. The van der Waals surface area contributed by atoms with Gasteiger partial charge in [-0.2, -0.15) is 0 Å². The van der Waals surface area contributed by atoms with Crippen molar-refractivity contribution >= 4 is 43.6 Å². The Morgan fingerprint density at radius 3 is 2.15 bits per heavy atom. The molecule has 2 nitrogen and oxygen atoms in total. The third-order valence-corrected chi connectivity index (χ3v) is 5.35. The maximum absolute atomic E-state index is 3.66. The second-order valence-electron chi connectivity index (χ2n) is 6.80. The first-order valence-electron chi connectivity index (χ1n) is 8.89. The fraction of sp³-hybridized carbons (Fsp3) is 0. The van der Waals surface area contributed by atoms with E-state index in [4.69, 9.17) is 0 Å². The number of aromatic nitrogens is 2. The van der Waals surface area contributed by atoms with Gasteiger partial charge in [0.1, 0.15) is 0 Å². The van der Waals surface area contributed by atoms with Crippen molar-refractivity contribution in [2.45, 2.75) is 0 Å². The molecule has 0 unspecified atom stereocenters. The summed E-state index contributed by atoms with van der Waals surface area (Å²) in [5.74, 6) is 0. The van der Waals surface area contributed by atoms with Gasteiger partial charge >= 0.3 is 0 Å². The maximum atomic E-state index is 3.66. The van der Waals surface area contributed by atoms with E-state index in [0.717, 1.165) is 0 Å². The molecule has 2 aromatic heterocycles. The number of rotatable bonds is 1. The van der Waals surface area contributed by atoms with Crippen molar-refractivity contribution in [2.24, 2.45) is 0 Å². The van der Waals surface area contributed by atoms with Crippen molar-refractivity contribution in [2.75, 3.05) is 0 Å². The quantitative estimate of drug-likeness (QED) is 0.339. The van der Waals surface area contributed by atoms with Gasteiger partial charge < -0.3 is 9.97 Å². The molecular weight excluding hydrogens is 316 g/mol. The molecule has 4 aromatic carbocycles. The van der Waals surface area contributed by atoms with Crippen LogP contribution in [0.2, 0.25) is 0 Å². The van der Waals surface area contributed by atoms with E-state index in [1.165, 1.54) is 54.7 Å². The summed E-state index contributed by atoms with van der Waals surface area (Å²) in [5, 5.41) is 5.10. The molecule has 26 heavy (non-hydrogen) atoms. The van der Waals surface area contributed by atoms with Crippen molar-refractivity contribution in [1.82, 2.24) is 9.97 Å². The summed E-state index contributed by atoms with van der Waals surface area (Å²) in [7, 11) is 0. The van der Waals surface area contributed by atoms with Gasteiger partial charge in [-0.3, -0.25) is 0 Å². The number of nitrogens with one attached hydrogen (secondary N) is 2. The summed E-state index contributed by atoms with van der Waals surface area (Å²) in [5.41, 5.74) is 7.24. The van der Waals surface area contributed by atoms with Crippen molar-refractivity contribution in [1.29, 1.82) is 0 Å². The number of H-pyrrole nitrogens is 2. The molecule has 0 atom stereocenters. The predicted molar refractivity (Wildman–Crippen MR) is 111 cm³/mol. The van der Waals surface area contributed by atoms with Crippen LogP contribution in [0, 0.1) is 0 Å². The fourth-order valence-corrected chi connectivity index (χ4v) is 4.21. The minimum atomic E-state index is 1.17. The lowest BCUT2D eigenvalue weighted by molar-refractivity contribution is 1.54. The van der Waals surface area contributed by atoms with Gasteiger partial charge in [0.2, 0.25) is 0 Å². The topological polar surface area (TPSA) is 31.6 Å². The lowest BCUT2D eigenvalue weighted by Gasteiger charge is -2.05. The van der Waals surface area contributed by atoms with Gasteiger partial charge in [0.25, 0.3) is 0 Å². The standard InChI is InChI=1S/C24H16N2/c1-2-7-15(8-3-1)16-10-6-12-20-22(16)23-21(25-20)14-13-18-17-9-4-5-11-19(17)26-24(18)23/h1-14,25-26H. The number of fused-ring (bicyclic) bond motifs is 7. The van der Waals surface area contributed by atoms with Crippen molar-refractivity contribution in [3.8, 4) is 11.1 Å². The Hall–Kier alpha value is -3.52. The highest BCUT2D eigenvalue weighted by Gasteiger charge is 2.15. The summed E-state index contributed by atoms with van der Waals surface area (Å²) in [6.45, 7) is 0. The second kappa shape index (κ2) is 4.99. The van der Waals surface area contributed by atoms with Gasteiger partial charge in [-0.15, -0.1) is 0 Å². The molecule has 0 aliphatic rings. The largest absolute Gasteiger partial charge is 0.354 e. The van der Waals surface area contributed by atoms with Crippen LogP contribution in [0.5, 0.6) is 0 Å². The van der Waals surface area contributed by atoms with Crippen LogP contribution in [0.15, 0.2) is 84.9 Å². The van der Waals surface area contributed by atoms with E-state index in [-0.39, 0.29) is 0 Å². The minimum Gasteiger partial charge on any atom is -0.354 e. The van der Waals surface area contributed by atoms with Crippen LogP contribution in [0.1, 0.15) is 0 Å². The summed E-state index contributed by atoms with van der Waals surface area (Å²) >= 11 is 0. The van der Waals surface area contributed by atoms with E-state index in [1.54, 1.807) is 0 Å². The average molecular weight is 332 g/mol. The van der Waals surface area contributed by atoms with Crippen LogP contribution in [-0.2, 0) is 0 Å². The van der Waals surface area contributed by atoms with Crippen LogP contribution >= 0.6 is 0 Å². The Labute approximate surface area is 150 Å². The first-order valence-corrected chi connectivity index (χ1v) is 8.89. The predicted octanol–water partition coefficient (Wildman–Crippen LogP) is 6.62. The number of hydrogen-bond acceptors (Lipinski definition) is 0. The molecule has 0 aliphatic heterocycles. The van der Waals surface area contributed by atoms with Crippen LogP contribution in [-0.4, -0.2) is 9.97 Å². The fourth-order valence-electron chi connectivity index (χ4n) is 4.21. The number of aromatic amines is 2. The Balaban J connectivity index is 1.86. The lowest BCUT2D eigenvalue weighted by Crippen LogP contribution is -1.79. The zero-order valence-electron chi connectivity index (χ0n) is 14.1. The molecule has 0 fully saturated rings. The maximum Gasteiger partial charge on any atom is 0.0566 e. The van der Waals surface area contributed by atoms with E-state index in [2.05, 4.69) is 94.9 Å². The molecule has 0 amide bonds. The Bertz CT molecular complexity index is 1420. The van der Waals surface area contributed by atoms with Gasteiger partial charge in [-0.05, 0) is 29.3 Å². The molecule has 0 spiro atoms. The van der Waals surface area contributed by atoms with Gasteiger partial charge in [-0.1, -0.05) is 66.7 Å². The molecule has 0 aliphatic carbocycles. The summed E-state index contributed by atoms with van der Waals surface area (Å²) < 4.78 is 0. The molecule has 6 rings (SSSR count). The van der Waals surface area contributed by atoms with Crippen LogP contribution in [0.3, 0.4) is 0 Å². The van der Waals surface area contributed by atoms with Crippen molar-refractivity contribution < 1.29 is 0 Å². The highest BCUT2D eigenvalue weighted by Crippen LogP contribution is 2.39. The Kier molecular flexibility index (Phi) is 2.64. The molecule has 0 bridgehead atoms. The SMILES string of the molecule is c1ccc(-c2cccc3[nH]c4ccc5c6ccccc6[nH]c5c4c23)cc1. The van der Waals surface area contributed by atoms with Crippen LogP contribution in [0.25, 0.3) is 54.7 Å². The number of hydrogen-bond donors (Lipinski definition) is 2. The summed E-state index contributed by atoms with van der Waals surface area (Å²) in [6, 6.07) is 30.1. The molecule has 2 heteroatoms. The third-order valence-electron chi connectivity index (χ3n) is 5.35. The van der Waals surface area contributed by atoms with E-state index >= 15 is 0 Å². The van der Waals surface area contributed by atoms with Gasteiger partial charge in [0.05, 0.1) is 5.52 Å². The van der Waals surface area contributed by atoms with Crippen molar-refractivity contribution in [3.05, 3.63) is 84.9 Å². The second-order valence-corrected chi connectivity index (χ2v) is 6.80. The highest BCUT2D eigenvalue weighted by molar-refractivity contribution is 6.26. The van der Waals surface area contributed by atoms with Gasteiger partial charge in [0.15, 0.2) is 0 Å². The molecular formula is C24H16N2. The Morgan fingerprint density at radius 2 is 1.23 bits per heavy atom. The van der Waals surface area contributed by atoms with E-state index < -0.39 is 0 Å². The van der Waals surface area contributed by atoms with E-state index in [0.29, 0.717) is 0 Å². The summed E-state index contributed by atoms with van der Waals surface area (Å²) in [6.07, 6.45) is 0. The normalized spacial score (nSPS) is 11.8. The molecule has 2 heterocycles. The van der Waals surface area contributed by atoms with E-state index in [1.807, 2.05) is 0 Å². The smallest absolute Gasteiger partial charge is 0.0566 e. The third kappa shape index (κ3) is 1.76. The van der Waals surface area contributed by atoms with Crippen LogP contribution < -0.4 is 0 Å². The van der Waals surface area contributed by atoms with Crippen molar-refractivity contribution in [3.63, 3.8) is 0 Å². The molecule has 122 valence electrons. The summed E-state index contributed by atoms with van der Waals surface area (Å²) in [4.78, 5) is 7.26.